The zero-order valence-electron chi connectivity index (χ0n) is 7.80. The summed E-state index contributed by atoms with van der Waals surface area (Å²) >= 11 is 1.96. The van der Waals surface area contributed by atoms with Gasteiger partial charge >= 0.3 is 0 Å². The van der Waals surface area contributed by atoms with E-state index in [0.717, 1.165) is 25.1 Å². The van der Waals surface area contributed by atoms with Gasteiger partial charge in [0.15, 0.2) is 0 Å². The molecule has 70 valence electrons. The van der Waals surface area contributed by atoms with E-state index in [1.165, 1.54) is 0 Å². The minimum absolute atomic E-state index is 0.232. The quantitative estimate of drug-likeness (QED) is 0.728. The lowest BCUT2D eigenvalue weighted by Crippen LogP contribution is -2.34. The summed E-state index contributed by atoms with van der Waals surface area (Å²) in [6, 6.07) is 0. The van der Waals surface area contributed by atoms with Crippen molar-refractivity contribution in [2.75, 3.05) is 12.3 Å². The molecule has 2 nitrogen and oxygen atoms in total. The van der Waals surface area contributed by atoms with E-state index in [1.807, 2.05) is 11.8 Å². The van der Waals surface area contributed by atoms with Gasteiger partial charge < -0.3 is 5.32 Å². The van der Waals surface area contributed by atoms with Crippen LogP contribution in [0.4, 0.5) is 0 Å². The fourth-order valence-electron chi connectivity index (χ4n) is 1.32. The highest BCUT2D eigenvalue weighted by Crippen LogP contribution is 2.21. The smallest absolute Gasteiger partial charge is 0.220 e. The van der Waals surface area contributed by atoms with Gasteiger partial charge in [0.25, 0.3) is 0 Å². The van der Waals surface area contributed by atoms with Crippen LogP contribution >= 0.6 is 11.8 Å². The molecule has 0 bridgehead atoms. The van der Waals surface area contributed by atoms with E-state index in [-0.39, 0.29) is 5.91 Å². The maximum atomic E-state index is 11.0. The Hall–Kier alpha value is -0.180. The first-order valence-electron chi connectivity index (χ1n) is 4.57. The van der Waals surface area contributed by atoms with E-state index >= 15 is 0 Å². The molecule has 0 aromatic rings. The van der Waals surface area contributed by atoms with E-state index in [4.69, 9.17) is 0 Å². The van der Waals surface area contributed by atoms with Crippen LogP contribution in [0.15, 0.2) is 0 Å². The van der Waals surface area contributed by atoms with E-state index in [1.54, 1.807) is 0 Å². The van der Waals surface area contributed by atoms with Crippen molar-refractivity contribution in [1.82, 2.24) is 5.32 Å². The number of rotatable bonds is 3. The second-order valence-electron chi connectivity index (χ2n) is 3.59. The molecule has 1 N–H and O–H groups in total. The van der Waals surface area contributed by atoms with Crippen LogP contribution < -0.4 is 5.32 Å². The lowest BCUT2D eigenvalue weighted by Gasteiger charge is -2.22. The van der Waals surface area contributed by atoms with Crippen LogP contribution in [0.3, 0.4) is 0 Å². The normalized spacial score (nSPS) is 24.2. The molecule has 3 heteroatoms. The van der Waals surface area contributed by atoms with Crippen molar-refractivity contribution in [1.29, 1.82) is 0 Å². The lowest BCUT2D eigenvalue weighted by atomic mass is 10.0. The van der Waals surface area contributed by atoms with Gasteiger partial charge in [-0.2, -0.15) is 11.8 Å². The van der Waals surface area contributed by atoms with E-state index < -0.39 is 0 Å². The van der Waals surface area contributed by atoms with Crippen LogP contribution in [-0.4, -0.2) is 23.5 Å². The highest BCUT2D eigenvalue weighted by molar-refractivity contribution is 7.99. The average molecular weight is 187 g/mol. The Morgan fingerprint density at radius 3 is 3.00 bits per heavy atom. The zero-order valence-corrected chi connectivity index (χ0v) is 8.62. The second-order valence-corrected chi connectivity index (χ2v) is 5.20. The zero-order chi connectivity index (χ0) is 8.97. The summed E-state index contributed by atoms with van der Waals surface area (Å²) in [5.41, 5.74) is 0. The minimum Gasteiger partial charge on any atom is -0.356 e. The first-order valence-corrected chi connectivity index (χ1v) is 5.61. The van der Waals surface area contributed by atoms with E-state index in [2.05, 4.69) is 19.2 Å². The Morgan fingerprint density at radius 1 is 1.67 bits per heavy atom. The molecular weight excluding hydrogens is 170 g/mol. The van der Waals surface area contributed by atoms with E-state index in [9.17, 15) is 4.79 Å². The molecule has 0 saturated carbocycles. The Morgan fingerprint density at radius 2 is 2.42 bits per heavy atom. The van der Waals surface area contributed by atoms with Gasteiger partial charge in [-0.1, -0.05) is 13.8 Å². The van der Waals surface area contributed by atoms with Gasteiger partial charge in [0.2, 0.25) is 5.91 Å². The van der Waals surface area contributed by atoms with Crippen LogP contribution in [0, 0.1) is 5.92 Å². The van der Waals surface area contributed by atoms with Gasteiger partial charge in [-0.15, -0.1) is 0 Å². The highest BCUT2D eigenvalue weighted by Gasteiger charge is 2.18. The van der Waals surface area contributed by atoms with Gasteiger partial charge in [-0.25, -0.2) is 0 Å². The molecule has 0 aliphatic carbocycles. The maximum absolute atomic E-state index is 11.0. The SMILES string of the molecule is CC(C)SCC1CCNC(=O)C1. The molecule has 1 unspecified atom stereocenters. The first-order chi connectivity index (χ1) is 5.68. The summed E-state index contributed by atoms with van der Waals surface area (Å²) in [5.74, 6) is 1.99. The number of hydrogen-bond donors (Lipinski definition) is 1. The standard InChI is InChI=1S/C9H17NOS/c1-7(2)12-6-8-3-4-10-9(11)5-8/h7-8H,3-6H2,1-2H3,(H,10,11). The third-order valence-electron chi connectivity index (χ3n) is 2.01. The maximum Gasteiger partial charge on any atom is 0.220 e. The molecule has 1 rings (SSSR count). The second kappa shape index (κ2) is 4.75. The molecule has 0 aromatic heterocycles. The van der Waals surface area contributed by atoms with Crippen molar-refractivity contribution in [2.24, 2.45) is 5.92 Å². The molecule has 1 atom stereocenters. The van der Waals surface area contributed by atoms with Crippen molar-refractivity contribution in [3.63, 3.8) is 0 Å². The number of hydrogen-bond acceptors (Lipinski definition) is 2. The number of nitrogens with one attached hydrogen (secondary N) is 1. The number of amides is 1. The van der Waals surface area contributed by atoms with Crippen LogP contribution in [-0.2, 0) is 4.79 Å². The van der Waals surface area contributed by atoms with Crippen LogP contribution in [0.1, 0.15) is 26.7 Å². The predicted octanol–water partition coefficient (Wildman–Crippen LogP) is 1.65. The molecule has 1 aliphatic heterocycles. The molecule has 1 saturated heterocycles. The summed E-state index contributed by atoms with van der Waals surface area (Å²) in [7, 11) is 0. The topological polar surface area (TPSA) is 29.1 Å². The number of thioether (sulfide) groups is 1. The summed E-state index contributed by atoms with van der Waals surface area (Å²) < 4.78 is 0. The average Bonchev–Trinajstić information content (AvgIpc) is 2.01. The third-order valence-corrected chi connectivity index (χ3v) is 3.34. The first kappa shape index (κ1) is 9.90. The molecule has 12 heavy (non-hydrogen) atoms. The van der Waals surface area contributed by atoms with Gasteiger partial charge in [0.05, 0.1) is 0 Å². The minimum atomic E-state index is 0.232. The lowest BCUT2D eigenvalue weighted by molar-refractivity contribution is -0.123. The van der Waals surface area contributed by atoms with Gasteiger partial charge in [-0.05, 0) is 23.3 Å². The molecule has 1 heterocycles. The number of carbonyl (C=O) groups is 1. The fraction of sp³-hybridized carbons (Fsp3) is 0.889. The van der Waals surface area contributed by atoms with Crippen molar-refractivity contribution in [2.45, 2.75) is 31.9 Å². The summed E-state index contributed by atoms with van der Waals surface area (Å²) in [6.45, 7) is 5.28. The number of piperidine rings is 1. The third kappa shape index (κ3) is 3.48. The highest BCUT2D eigenvalue weighted by atomic mass is 32.2. The van der Waals surface area contributed by atoms with Crippen LogP contribution in [0.2, 0.25) is 0 Å². The van der Waals surface area contributed by atoms with Crippen LogP contribution in [0.5, 0.6) is 0 Å². The molecule has 1 fully saturated rings. The predicted molar refractivity (Wildman–Crippen MR) is 53.3 cm³/mol. The van der Waals surface area contributed by atoms with Gasteiger partial charge in [0.1, 0.15) is 0 Å². The Kier molecular flexibility index (Phi) is 3.92. The fourth-order valence-corrected chi connectivity index (χ4v) is 2.26. The summed E-state index contributed by atoms with van der Waals surface area (Å²) in [4.78, 5) is 11.0. The van der Waals surface area contributed by atoms with Crippen LogP contribution in [0.25, 0.3) is 0 Å². The molecular formula is C9H17NOS. The molecule has 0 aromatic carbocycles. The monoisotopic (exact) mass is 187 g/mol. The Bertz CT molecular complexity index is 159. The van der Waals surface area contributed by atoms with Crippen molar-refractivity contribution in [3.05, 3.63) is 0 Å². The Labute approximate surface area is 78.5 Å². The van der Waals surface area contributed by atoms with Gasteiger partial charge in [-0.3, -0.25) is 4.79 Å². The van der Waals surface area contributed by atoms with E-state index in [0.29, 0.717) is 11.2 Å². The summed E-state index contributed by atoms with van der Waals surface area (Å²) in [5, 5.41) is 3.54. The molecule has 1 amide bonds. The van der Waals surface area contributed by atoms with Gasteiger partial charge in [0, 0.05) is 13.0 Å². The largest absolute Gasteiger partial charge is 0.356 e. The van der Waals surface area contributed by atoms with Crippen molar-refractivity contribution >= 4 is 17.7 Å². The number of carbonyl (C=O) groups excluding carboxylic acids is 1. The summed E-state index contributed by atoms with van der Waals surface area (Å²) in [6.07, 6.45) is 1.89. The Balaban J connectivity index is 2.18. The van der Waals surface area contributed by atoms with Crippen molar-refractivity contribution in [3.8, 4) is 0 Å². The molecule has 0 radical (unpaired) electrons. The molecule has 0 spiro atoms. The van der Waals surface area contributed by atoms with Crippen molar-refractivity contribution < 1.29 is 4.79 Å². The molecule has 1 aliphatic rings.